The van der Waals surface area contributed by atoms with E-state index in [4.69, 9.17) is 10.5 Å². The third-order valence-corrected chi connectivity index (χ3v) is 5.49. The number of ether oxygens (including phenoxy) is 1. The number of piperidine rings is 3. The lowest BCUT2D eigenvalue weighted by Crippen LogP contribution is -2.48. The minimum absolute atomic E-state index is 0.0652. The maximum absolute atomic E-state index is 6.50. The van der Waals surface area contributed by atoms with E-state index in [1.807, 2.05) is 12.5 Å². The Hall–Kier alpha value is -0.910. The molecule has 3 atom stereocenters. The van der Waals surface area contributed by atoms with Gasteiger partial charge in [-0.05, 0) is 38.3 Å². The third kappa shape index (κ3) is 2.08. The van der Waals surface area contributed by atoms with Gasteiger partial charge in [0.25, 0.3) is 0 Å². The lowest BCUT2D eigenvalue weighted by atomic mass is 9.83. The van der Waals surface area contributed by atoms with Crippen LogP contribution in [0.1, 0.15) is 37.0 Å². The van der Waals surface area contributed by atoms with Gasteiger partial charge in [0, 0.05) is 25.3 Å². The molecule has 4 saturated heterocycles. The van der Waals surface area contributed by atoms with Crippen molar-refractivity contribution >= 4 is 0 Å². The molecule has 5 heteroatoms. The van der Waals surface area contributed by atoms with E-state index >= 15 is 0 Å². The molecule has 20 heavy (non-hydrogen) atoms. The summed E-state index contributed by atoms with van der Waals surface area (Å²) in [5, 5.41) is 0. The molecule has 0 radical (unpaired) electrons. The number of nitrogens with zero attached hydrogens (tertiary/aromatic N) is 3. The van der Waals surface area contributed by atoms with E-state index in [9.17, 15) is 0 Å². The first-order valence-electron chi connectivity index (χ1n) is 7.90. The average Bonchev–Trinajstić information content (AvgIpc) is 3.19. The number of fused-ring (bicyclic) bond motifs is 3. The molecule has 4 fully saturated rings. The van der Waals surface area contributed by atoms with E-state index in [2.05, 4.69) is 14.5 Å². The monoisotopic (exact) mass is 276 g/mol. The zero-order valence-electron chi connectivity index (χ0n) is 11.9. The second-order valence-electron chi connectivity index (χ2n) is 6.58. The quantitative estimate of drug-likeness (QED) is 0.901. The molecule has 0 saturated carbocycles. The molecule has 2 N–H and O–H groups in total. The zero-order valence-corrected chi connectivity index (χ0v) is 11.9. The predicted octanol–water partition coefficient (Wildman–Crippen LogP) is 1.19. The fourth-order valence-corrected chi connectivity index (χ4v) is 4.18. The smallest absolute Gasteiger partial charge is 0.0951 e. The fraction of sp³-hybridized carbons (Fsp3) is 0.800. The van der Waals surface area contributed by atoms with Crippen molar-refractivity contribution in [3.63, 3.8) is 0 Å². The molecular weight excluding hydrogens is 252 g/mol. The SMILES string of the molecule is NC(c1cncn1C1CN2CCC1CC2)C1CCOC1. The van der Waals surface area contributed by atoms with E-state index < -0.39 is 0 Å². The summed E-state index contributed by atoms with van der Waals surface area (Å²) in [5.74, 6) is 1.26. The lowest BCUT2D eigenvalue weighted by molar-refractivity contribution is 0.0548. The van der Waals surface area contributed by atoms with Gasteiger partial charge >= 0.3 is 0 Å². The van der Waals surface area contributed by atoms with Crippen molar-refractivity contribution in [1.82, 2.24) is 14.5 Å². The number of aromatic nitrogens is 2. The molecule has 5 heterocycles. The third-order valence-electron chi connectivity index (χ3n) is 5.49. The second-order valence-corrected chi connectivity index (χ2v) is 6.58. The summed E-state index contributed by atoms with van der Waals surface area (Å²) >= 11 is 0. The minimum Gasteiger partial charge on any atom is -0.381 e. The summed E-state index contributed by atoms with van der Waals surface area (Å²) in [7, 11) is 0. The Morgan fingerprint density at radius 2 is 2.15 bits per heavy atom. The summed E-state index contributed by atoms with van der Waals surface area (Å²) in [6, 6.07) is 0.638. The van der Waals surface area contributed by atoms with Crippen LogP contribution in [-0.4, -0.2) is 47.3 Å². The van der Waals surface area contributed by atoms with Crippen LogP contribution in [0.4, 0.5) is 0 Å². The van der Waals surface area contributed by atoms with Gasteiger partial charge in [0.05, 0.1) is 30.7 Å². The largest absolute Gasteiger partial charge is 0.381 e. The highest BCUT2D eigenvalue weighted by molar-refractivity contribution is 5.10. The van der Waals surface area contributed by atoms with Crippen molar-refractivity contribution in [3.8, 4) is 0 Å². The number of hydrogen-bond acceptors (Lipinski definition) is 4. The number of nitrogens with two attached hydrogens (primary N) is 1. The Kier molecular flexibility index (Phi) is 3.28. The van der Waals surface area contributed by atoms with E-state index in [0.717, 1.165) is 25.6 Å². The normalized spacial score (nSPS) is 38.2. The van der Waals surface area contributed by atoms with E-state index in [1.165, 1.54) is 38.2 Å². The Morgan fingerprint density at radius 3 is 2.80 bits per heavy atom. The van der Waals surface area contributed by atoms with Gasteiger partial charge in [-0.25, -0.2) is 4.98 Å². The summed E-state index contributed by atoms with van der Waals surface area (Å²) in [6.45, 7) is 5.36. The van der Waals surface area contributed by atoms with Crippen LogP contribution < -0.4 is 5.73 Å². The first kappa shape index (κ1) is 12.8. The molecule has 1 aromatic heterocycles. The molecule has 0 spiro atoms. The molecule has 0 amide bonds. The molecule has 3 unspecified atom stereocenters. The van der Waals surface area contributed by atoms with Crippen LogP contribution >= 0.6 is 0 Å². The Balaban J connectivity index is 1.58. The van der Waals surface area contributed by atoms with Gasteiger partial charge in [0.2, 0.25) is 0 Å². The molecular formula is C15H24N4O. The highest BCUT2D eigenvalue weighted by atomic mass is 16.5. The molecule has 0 aromatic carbocycles. The summed E-state index contributed by atoms with van der Waals surface area (Å²) < 4.78 is 7.87. The standard InChI is InChI=1S/C15H24N4O/c16-15(12-3-6-20-9-12)13-7-17-10-19(13)14-8-18-4-1-11(14)2-5-18/h7,10-12,14-15H,1-6,8-9,16H2. The minimum atomic E-state index is 0.0652. The Bertz CT molecular complexity index is 460. The van der Waals surface area contributed by atoms with Gasteiger partial charge in [-0.2, -0.15) is 0 Å². The topological polar surface area (TPSA) is 56.3 Å². The number of hydrogen-bond donors (Lipinski definition) is 1. The molecule has 2 bridgehead atoms. The van der Waals surface area contributed by atoms with E-state index in [0.29, 0.717) is 12.0 Å². The predicted molar refractivity (Wildman–Crippen MR) is 76.3 cm³/mol. The summed E-state index contributed by atoms with van der Waals surface area (Å²) in [4.78, 5) is 6.98. The Labute approximate surface area is 120 Å². The van der Waals surface area contributed by atoms with Crippen LogP contribution in [0.3, 0.4) is 0 Å². The maximum atomic E-state index is 6.50. The molecule has 5 nitrogen and oxygen atoms in total. The second kappa shape index (κ2) is 5.13. The van der Waals surface area contributed by atoms with Gasteiger partial charge in [-0.1, -0.05) is 0 Å². The van der Waals surface area contributed by atoms with Crippen LogP contribution in [-0.2, 0) is 4.74 Å². The number of imidazole rings is 1. The molecule has 5 rings (SSSR count). The van der Waals surface area contributed by atoms with Crippen molar-refractivity contribution in [1.29, 1.82) is 0 Å². The first-order valence-corrected chi connectivity index (χ1v) is 7.90. The van der Waals surface area contributed by atoms with Gasteiger partial charge in [-0.3, -0.25) is 0 Å². The van der Waals surface area contributed by atoms with E-state index in [1.54, 1.807) is 0 Å². The highest BCUT2D eigenvalue weighted by Gasteiger charge is 2.37. The molecule has 1 aromatic rings. The van der Waals surface area contributed by atoms with Crippen LogP contribution in [0.15, 0.2) is 12.5 Å². The molecule has 4 aliphatic rings. The first-order chi connectivity index (χ1) is 9.83. The fourth-order valence-electron chi connectivity index (χ4n) is 4.18. The summed E-state index contributed by atoms with van der Waals surface area (Å²) in [5.41, 5.74) is 7.70. The zero-order chi connectivity index (χ0) is 13.5. The van der Waals surface area contributed by atoms with E-state index in [-0.39, 0.29) is 6.04 Å². The van der Waals surface area contributed by atoms with Gasteiger partial charge < -0.3 is 19.9 Å². The van der Waals surface area contributed by atoms with Crippen LogP contribution in [0, 0.1) is 11.8 Å². The average molecular weight is 276 g/mol. The molecule has 110 valence electrons. The van der Waals surface area contributed by atoms with Gasteiger partial charge in [0.1, 0.15) is 0 Å². The van der Waals surface area contributed by atoms with Gasteiger partial charge in [-0.15, -0.1) is 0 Å². The van der Waals surface area contributed by atoms with Crippen LogP contribution in [0.2, 0.25) is 0 Å². The molecule has 4 aliphatic heterocycles. The summed E-state index contributed by atoms with van der Waals surface area (Å²) in [6.07, 6.45) is 7.69. The van der Waals surface area contributed by atoms with Gasteiger partial charge in [0.15, 0.2) is 0 Å². The Morgan fingerprint density at radius 1 is 1.30 bits per heavy atom. The van der Waals surface area contributed by atoms with Crippen molar-refractivity contribution in [2.24, 2.45) is 17.6 Å². The van der Waals surface area contributed by atoms with Crippen molar-refractivity contribution in [2.75, 3.05) is 32.8 Å². The maximum Gasteiger partial charge on any atom is 0.0951 e. The van der Waals surface area contributed by atoms with Crippen molar-refractivity contribution in [2.45, 2.75) is 31.3 Å². The lowest BCUT2D eigenvalue weighted by Gasteiger charge is -2.46. The van der Waals surface area contributed by atoms with Crippen molar-refractivity contribution < 1.29 is 4.74 Å². The van der Waals surface area contributed by atoms with Crippen LogP contribution in [0.25, 0.3) is 0 Å². The molecule has 0 aliphatic carbocycles. The number of rotatable bonds is 3. The van der Waals surface area contributed by atoms with Crippen LogP contribution in [0.5, 0.6) is 0 Å². The highest BCUT2D eigenvalue weighted by Crippen LogP contribution is 2.38. The van der Waals surface area contributed by atoms with Crippen molar-refractivity contribution in [3.05, 3.63) is 18.2 Å².